The van der Waals surface area contributed by atoms with Crippen LogP contribution in [0, 0.1) is 5.92 Å². The highest BCUT2D eigenvalue weighted by molar-refractivity contribution is 8.00. The first-order valence-electron chi connectivity index (χ1n) is 15.0. The fraction of sp³-hybridized carbons (Fsp3) is 0.531. The van der Waals surface area contributed by atoms with E-state index in [1.807, 2.05) is 63.2 Å². The molecule has 0 bridgehead atoms. The zero-order valence-corrected chi connectivity index (χ0v) is 26.1. The summed E-state index contributed by atoms with van der Waals surface area (Å²) in [5, 5.41) is 17.2. The normalized spacial score (nSPS) is 25.1. The van der Waals surface area contributed by atoms with E-state index >= 15 is 0 Å². The number of rotatable bonds is 11. The van der Waals surface area contributed by atoms with Crippen LogP contribution in [0.1, 0.15) is 38.3 Å². The minimum atomic E-state index is -1.64. The Labute approximate surface area is 261 Å². The van der Waals surface area contributed by atoms with Crippen LogP contribution in [0.2, 0.25) is 0 Å². The van der Waals surface area contributed by atoms with Gasteiger partial charge in [-0.2, -0.15) is 0 Å². The first-order valence-corrected chi connectivity index (χ1v) is 16.0. The van der Waals surface area contributed by atoms with Crippen molar-refractivity contribution in [2.75, 3.05) is 25.7 Å². The summed E-state index contributed by atoms with van der Waals surface area (Å²) in [6.07, 6.45) is -2.43. The fourth-order valence-corrected chi connectivity index (χ4v) is 7.03. The third-order valence-electron chi connectivity index (χ3n) is 8.26. The third-order valence-corrected chi connectivity index (χ3v) is 9.63. The Bertz CT molecular complexity index is 1290. The molecule has 0 spiro atoms. The van der Waals surface area contributed by atoms with Crippen LogP contribution in [0.5, 0.6) is 5.75 Å². The molecule has 12 heteroatoms. The maximum Gasteiger partial charge on any atom is 0.407 e. The molecule has 0 saturated carbocycles. The van der Waals surface area contributed by atoms with Crippen molar-refractivity contribution in [1.29, 1.82) is 0 Å². The molecule has 2 aromatic rings. The second-order valence-corrected chi connectivity index (χ2v) is 13.3. The average molecular weight is 628 g/mol. The summed E-state index contributed by atoms with van der Waals surface area (Å²) in [5.74, 6) is -0.111. The first-order chi connectivity index (χ1) is 21.2. The second-order valence-electron chi connectivity index (χ2n) is 11.7. The van der Waals surface area contributed by atoms with Gasteiger partial charge in [-0.3, -0.25) is 9.59 Å². The second kappa shape index (κ2) is 14.2. The molecule has 3 fully saturated rings. The topological polar surface area (TPSA) is 136 Å². The molecule has 3 saturated heterocycles. The Kier molecular flexibility index (Phi) is 10.3. The summed E-state index contributed by atoms with van der Waals surface area (Å²) < 4.78 is 21.7. The maximum atomic E-state index is 13.9. The average Bonchev–Trinajstić information content (AvgIpc) is 3.72. The van der Waals surface area contributed by atoms with Gasteiger partial charge in [-0.25, -0.2) is 4.79 Å². The molecule has 44 heavy (non-hydrogen) atoms. The van der Waals surface area contributed by atoms with Gasteiger partial charge in [0.15, 0.2) is 12.4 Å². The quantitative estimate of drug-likeness (QED) is 0.344. The number of aliphatic hydroxyl groups excluding tert-OH is 1. The molecule has 5 rings (SSSR count). The van der Waals surface area contributed by atoms with E-state index in [4.69, 9.17) is 18.9 Å². The van der Waals surface area contributed by atoms with Crippen LogP contribution in [0.3, 0.4) is 0 Å². The number of carbonyl (C=O) groups is 3. The van der Waals surface area contributed by atoms with E-state index in [1.54, 1.807) is 12.1 Å². The summed E-state index contributed by atoms with van der Waals surface area (Å²) in [5.41, 5.74) is 1.70. The smallest absolute Gasteiger partial charge is 0.407 e. The number of carbonyl (C=O) groups excluding carboxylic acids is 3. The van der Waals surface area contributed by atoms with E-state index in [2.05, 4.69) is 10.6 Å². The van der Waals surface area contributed by atoms with E-state index in [-0.39, 0.29) is 37.0 Å². The lowest BCUT2D eigenvalue weighted by molar-refractivity contribution is -0.147. The largest absolute Gasteiger partial charge is 0.494 e. The molecule has 3 aliphatic heterocycles. The number of thioether (sulfide) groups is 1. The maximum absolute atomic E-state index is 13.9. The van der Waals surface area contributed by atoms with Crippen molar-refractivity contribution in [1.82, 2.24) is 15.5 Å². The van der Waals surface area contributed by atoms with Crippen LogP contribution in [-0.2, 0) is 36.8 Å². The van der Waals surface area contributed by atoms with Crippen LogP contribution in [0.4, 0.5) is 4.79 Å². The molecule has 0 aromatic heterocycles. The van der Waals surface area contributed by atoms with Gasteiger partial charge in [0.2, 0.25) is 5.91 Å². The van der Waals surface area contributed by atoms with Crippen LogP contribution in [0.15, 0.2) is 54.6 Å². The van der Waals surface area contributed by atoms with E-state index in [1.165, 1.54) is 16.7 Å². The van der Waals surface area contributed by atoms with Crippen LogP contribution in [0.25, 0.3) is 0 Å². The fourth-order valence-electron chi connectivity index (χ4n) is 5.89. The number of alkyl carbamates (subject to hydrolysis) is 1. The lowest BCUT2D eigenvalue weighted by Gasteiger charge is -2.33. The molecule has 238 valence electrons. The Morgan fingerprint density at radius 1 is 1.09 bits per heavy atom. The van der Waals surface area contributed by atoms with E-state index in [0.717, 1.165) is 17.5 Å². The molecule has 3 heterocycles. The van der Waals surface area contributed by atoms with Gasteiger partial charge in [-0.15, -0.1) is 11.8 Å². The highest BCUT2D eigenvalue weighted by atomic mass is 32.2. The van der Waals surface area contributed by atoms with Crippen LogP contribution in [-0.4, -0.2) is 88.9 Å². The van der Waals surface area contributed by atoms with E-state index in [0.29, 0.717) is 25.5 Å². The summed E-state index contributed by atoms with van der Waals surface area (Å²) in [6, 6.07) is 14.9. The molecular weight excluding hydrogens is 586 g/mol. The molecule has 11 nitrogen and oxygen atoms in total. The Morgan fingerprint density at radius 2 is 1.84 bits per heavy atom. The van der Waals surface area contributed by atoms with Gasteiger partial charge >= 0.3 is 6.09 Å². The lowest BCUT2D eigenvalue weighted by Crippen LogP contribution is -2.58. The standard InChI is InChI=1S/C32H41N3O8S/c1-4-40-22-12-10-20(11-13-22)16-24(34-31(39)43-25-18-42-30-23(25)14-15-41-30)26(36)29(38)35-19-44-32(2,3)27(35)28(37)33-17-21-8-6-5-7-9-21/h5-13,23-27,30,36H,4,14-19H2,1-3H3,(H,33,37)(H,34,39)/t23-,24-,25-,26-,27+,30+/m0/s1. The first kappa shape index (κ1) is 32.1. The van der Waals surface area contributed by atoms with E-state index < -0.39 is 41.0 Å². The summed E-state index contributed by atoms with van der Waals surface area (Å²) in [4.78, 5) is 41.9. The van der Waals surface area contributed by atoms with Gasteiger partial charge in [-0.1, -0.05) is 42.5 Å². The monoisotopic (exact) mass is 627 g/mol. The van der Waals surface area contributed by atoms with Crippen LogP contribution >= 0.6 is 11.8 Å². The molecule has 0 unspecified atom stereocenters. The number of nitrogens with one attached hydrogen (secondary N) is 2. The molecule has 0 aliphatic carbocycles. The van der Waals surface area contributed by atoms with E-state index in [9.17, 15) is 19.5 Å². The Hall–Kier alpha value is -3.32. The van der Waals surface area contributed by atoms with Gasteiger partial charge in [0, 0.05) is 11.3 Å². The number of ether oxygens (including phenoxy) is 4. The molecule has 3 N–H and O–H groups in total. The molecule has 2 aromatic carbocycles. The minimum absolute atomic E-state index is 0.0594. The van der Waals surface area contributed by atoms with Gasteiger partial charge in [-0.05, 0) is 56.9 Å². The molecular formula is C32H41N3O8S. The van der Waals surface area contributed by atoms with Gasteiger partial charge in [0.25, 0.3) is 5.91 Å². The number of hydrogen-bond acceptors (Lipinski definition) is 9. The Balaban J connectivity index is 1.30. The minimum Gasteiger partial charge on any atom is -0.494 e. The SMILES string of the molecule is CCOc1ccc(C[C@H](NC(=O)O[C@H]2CO[C@H]3OCC[C@H]32)[C@H](O)C(=O)N2CSC(C)(C)[C@H]2C(=O)NCc2ccccc2)cc1. The molecule has 3 amide bonds. The molecule has 3 aliphatic rings. The number of benzene rings is 2. The number of aliphatic hydroxyl groups is 1. The molecule has 0 radical (unpaired) electrons. The number of nitrogens with zero attached hydrogens (tertiary/aromatic N) is 1. The molecule has 6 atom stereocenters. The van der Waals surface area contributed by atoms with Crippen molar-refractivity contribution in [3.05, 3.63) is 65.7 Å². The highest BCUT2D eigenvalue weighted by Gasteiger charge is 2.50. The van der Waals surface area contributed by atoms with Gasteiger partial charge < -0.3 is 39.6 Å². The number of fused-ring (bicyclic) bond motifs is 1. The summed E-state index contributed by atoms with van der Waals surface area (Å²) >= 11 is 1.46. The van der Waals surface area contributed by atoms with Crippen molar-refractivity contribution in [3.63, 3.8) is 0 Å². The summed E-state index contributed by atoms with van der Waals surface area (Å²) in [6.45, 7) is 7.28. The number of amides is 3. The zero-order valence-electron chi connectivity index (χ0n) is 25.3. The summed E-state index contributed by atoms with van der Waals surface area (Å²) in [7, 11) is 0. The predicted molar refractivity (Wildman–Crippen MR) is 164 cm³/mol. The van der Waals surface area contributed by atoms with Crippen LogP contribution < -0.4 is 15.4 Å². The van der Waals surface area contributed by atoms with Gasteiger partial charge in [0.05, 0.1) is 37.7 Å². The zero-order chi connectivity index (χ0) is 31.3. The van der Waals surface area contributed by atoms with Crippen molar-refractivity contribution in [3.8, 4) is 5.75 Å². The predicted octanol–water partition coefficient (Wildman–Crippen LogP) is 2.84. The van der Waals surface area contributed by atoms with Crippen molar-refractivity contribution < 1.29 is 38.4 Å². The highest BCUT2D eigenvalue weighted by Crippen LogP contribution is 2.40. The van der Waals surface area contributed by atoms with Crippen molar-refractivity contribution >= 4 is 29.7 Å². The third kappa shape index (κ3) is 7.48. The number of hydrogen-bond donors (Lipinski definition) is 3. The van der Waals surface area contributed by atoms with Crippen molar-refractivity contribution in [2.24, 2.45) is 5.92 Å². The Morgan fingerprint density at radius 3 is 2.57 bits per heavy atom. The van der Waals surface area contributed by atoms with Crippen molar-refractivity contribution in [2.45, 2.75) is 75.5 Å². The van der Waals surface area contributed by atoms with Gasteiger partial charge in [0.1, 0.15) is 17.9 Å². The lowest BCUT2D eigenvalue weighted by atomic mass is 9.97.